The van der Waals surface area contributed by atoms with Gasteiger partial charge in [-0.2, -0.15) is 0 Å². The van der Waals surface area contributed by atoms with Crippen molar-refractivity contribution in [3.05, 3.63) is 64.7 Å². The molecule has 0 radical (unpaired) electrons. The molecule has 0 bridgehead atoms. The molecule has 0 saturated carbocycles. The lowest BCUT2D eigenvalue weighted by Crippen LogP contribution is -2.37. The summed E-state index contributed by atoms with van der Waals surface area (Å²) in [5.41, 5.74) is 4.78. The van der Waals surface area contributed by atoms with E-state index in [-0.39, 0.29) is 30.1 Å². The Morgan fingerprint density at radius 3 is 2.69 bits per heavy atom. The van der Waals surface area contributed by atoms with Crippen LogP contribution in [0.4, 0.5) is 0 Å². The summed E-state index contributed by atoms with van der Waals surface area (Å²) in [5.74, 6) is 1.73. The zero-order valence-corrected chi connectivity index (χ0v) is 19.9. The Kier molecular flexibility index (Phi) is 9.73. The van der Waals surface area contributed by atoms with Crippen LogP contribution in [0.25, 0.3) is 0 Å². The predicted molar refractivity (Wildman–Crippen MR) is 129 cm³/mol. The molecule has 1 heterocycles. The van der Waals surface area contributed by atoms with Crippen LogP contribution in [0, 0.1) is 13.8 Å². The maximum absolute atomic E-state index is 6.20. The highest BCUT2D eigenvalue weighted by Crippen LogP contribution is 2.23. The van der Waals surface area contributed by atoms with E-state index in [0.29, 0.717) is 19.7 Å². The molecule has 158 valence electrons. The normalized spacial score (nSPS) is 16.2. The van der Waals surface area contributed by atoms with Gasteiger partial charge < -0.3 is 20.1 Å². The lowest BCUT2D eigenvalue weighted by molar-refractivity contribution is 0.140. The average molecular weight is 509 g/mol. The summed E-state index contributed by atoms with van der Waals surface area (Å²) >= 11 is 0. The third-order valence-corrected chi connectivity index (χ3v) is 4.70. The van der Waals surface area contributed by atoms with Crippen LogP contribution in [0.1, 0.15) is 35.6 Å². The van der Waals surface area contributed by atoms with Crippen LogP contribution in [-0.4, -0.2) is 31.8 Å². The van der Waals surface area contributed by atoms with Crippen molar-refractivity contribution >= 4 is 29.9 Å². The minimum absolute atomic E-state index is 0. The van der Waals surface area contributed by atoms with Gasteiger partial charge in [-0.05, 0) is 38.0 Å². The predicted octanol–water partition coefficient (Wildman–Crippen LogP) is 4.34. The van der Waals surface area contributed by atoms with Crippen molar-refractivity contribution in [1.82, 2.24) is 10.6 Å². The van der Waals surface area contributed by atoms with Gasteiger partial charge in [0, 0.05) is 25.1 Å². The van der Waals surface area contributed by atoms with Crippen molar-refractivity contribution in [2.45, 2.75) is 46.4 Å². The molecule has 0 aliphatic carbocycles. The Bertz CT molecular complexity index is 804. The average Bonchev–Trinajstić information content (AvgIpc) is 3.18. The van der Waals surface area contributed by atoms with E-state index in [0.717, 1.165) is 36.8 Å². The molecule has 2 aromatic rings. The van der Waals surface area contributed by atoms with E-state index in [1.807, 2.05) is 0 Å². The molecule has 1 aliphatic heterocycles. The van der Waals surface area contributed by atoms with Crippen LogP contribution in [0.5, 0.6) is 5.75 Å². The third-order valence-electron chi connectivity index (χ3n) is 4.70. The molecular formula is C23H32IN3O2. The number of nitrogens with zero attached hydrogens (tertiary/aromatic N) is 1. The summed E-state index contributed by atoms with van der Waals surface area (Å²) in [7, 11) is 0. The van der Waals surface area contributed by atoms with Gasteiger partial charge in [0.2, 0.25) is 0 Å². The molecule has 5 nitrogen and oxygen atoms in total. The first kappa shape index (κ1) is 23.5. The van der Waals surface area contributed by atoms with Gasteiger partial charge in [-0.1, -0.05) is 42.0 Å². The minimum atomic E-state index is 0. The molecule has 1 saturated heterocycles. The van der Waals surface area contributed by atoms with Crippen LogP contribution in [0.2, 0.25) is 0 Å². The Balaban J connectivity index is 0.00000300. The molecule has 2 N–H and O–H groups in total. The van der Waals surface area contributed by atoms with Crippen molar-refractivity contribution < 1.29 is 9.47 Å². The summed E-state index contributed by atoms with van der Waals surface area (Å²) in [6, 6.07) is 14.8. The van der Waals surface area contributed by atoms with Crippen molar-refractivity contribution in [1.29, 1.82) is 0 Å². The largest absolute Gasteiger partial charge is 0.488 e. The van der Waals surface area contributed by atoms with Crippen LogP contribution >= 0.6 is 24.0 Å². The smallest absolute Gasteiger partial charge is 0.191 e. The van der Waals surface area contributed by atoms with Crippen LogP contribution in [0.3, 0.4) is 0 Å². The van der Waals surface area contributed by atoms with Crippen molar-refractivity contribution in [3.63, 3.8) is 0 Å². The van der Waals surface area contributed by atoms with E-state index in [4.69, 9.17) is 14.5 Å². The zero-order valence-electron chi connectivity index (χ0n) is 17.5. The molecule has 0 amide bonds. The number of guanidine groups is 1. The number of halogens is 1. The van der Waals surface area contributed by atoms with Crippen LogP contribution in [0.15, 0.2) is 47.5 Å². The first-order chi connectivity index (χ1) is 13.6. The number of ether oxygens (including phenoxy) is 2. The lowest BCUT2D eigenvalue weighted by Gasteiger charge is -2.18. The van der Waals surface area contributed by atoms with Gasteiger partial charge in [-0.3, -0.25) is 0 Å². The number of aliphatic imine (C=N–C) groups is 1. The van der Waals surface area contributed by atoms with Gasteiger partial charge in [0.25, 0.3) is 0 Å². The second-order valence-corrected chi connectivity index (χ2v) is 7.25. The number of hydrogen-bond donors (Lipinski definition) is 2. The van der Waals surface area contributed by atoms with E-state index in [1.54, 1.807) is 0 Å². The van der Waals surface area contributed by atoms with Gasteiger partial charge >= 0.3 is 0 Å². The highest BCUT2D eigenvalue weighted by atomic mass is 127. The van der Waals surface area contributed by atoms with Gasteiger partial charge in [0.1, 0.15) is 11.9 Å². The van der Waals surface area contributed by atoms with Gasteiger partial charge in [-0.15, -0.1) is 24.0 Å². The summed E-state index contributed by atoms with van der Waals surface area (Å²) in [4.78, 5) is 4.72. The summed E-state index contributed by atoms with van der Waals surface area (Å²) in [6.07, 6.45) is 1.09. The van der Waals surface area contributed by atoms with Gasteiger partial charge in [0.05, 0.1) is 19.8 Å². The Morgan fingerprint density at radius 2 is 1.97 bits per heavy atom. The minimum Gasteiger partial charge on any atom is -0.488 e. The quantitative estimate of drug-likeness (QED) is 0.331. The number of benzene rings is 2. The van der Waals surface area contributed by atoms with E-state index < -0.39 is 0 Å². The highest BCUT2D eigenvalue weighted by molar-refractivity contribution is 14.0. The second-order valence-electron chi connectivity index (χ2n) is 7.25. The van der Waals surface area contributed by atoms with Crippen molar-refractivity contribution in [2.75, 3.05) is 19.8 Å². The number of hydrogen-bond acceptors (Lipinski definition) is 3. The first-order valence-corrected chi connectivity index (χ1v) is 10.1. The number of aryl methyl sites for hydroxylation is 2. The highest BCUT2D eigenvalue weighted by Gasteiger charge is 2.18. The standard InChI is InChI=1S/C23H31N3O2.HI/c1-4-24-23(25-14-19-7-5-6-17(2)12-19)26-15-20-9-8-18(3)13-22(20)28-21-10-11-27-16-21;/h5-9,12-13,21H,4,10-11,14-16H2,1-3H3,(H2,24,25,26);1H. The maximum atomic E-state index is 6.20. The summed E-state index contributed by atoms with van der Waals surface area (Å²) in [5, 5.41) is 6.75. The molecule has 6 heteroatoms. The van der Waals surface area contributed by atoms with Crippen molar-refractivity contribution in [3.8, 4) is 5.75 Å². The molecule has 1 aliphatic rings. The molecule has 1 atom stereocenters. The molecule has 1 unspecified atom stereocenters. The fraction of sp³-hybridized carbons (Fsp3) is 0.435. The first-order valence-electron chi connectivity index (χ1n) is 10.1. The van der Waals surface area contributed by atoms with Crippen molar-refractivity contribution in [2.24, 2.45) is 4.99 Å². The van der Waals surface area contributed by atoms with E-state index in [1.165, 1.54) is 16.7 Å². The Labute approximate surface area is 191 Å². The second kappa shape index (κ2) is 12.0. The number of nitrogens with one attached hydrogen (secondary N) is 2. The SMILES string of the molecule is CCNC(=NCc1cccc(C)c1)NCc1ccc(C)cc1OC1CCOC1.I. The molecule has 3 rings (SSSR count). The fourth-order valence-electron chi connectivity index (χ4n) is 3.20. The Hall–Kier alpha value is -1.80. The van der Waals surface area contributed by atoms with Crippen LogP contribution < -0.4 is 15.4 Å². The van der Waals surface area contributed by atoms with Crippen LogP contribution in [-0.2, 0) is 17.8 Å². The molecule has 2 aromatic carbocycles. The van der Waals surface area contributed by atoms with Gasteiger partial charge in [-0.25, -0.2) is 4.99 Å². The Morgan fingerprint density at radius 1 is 1.14 bits per heavy atom. The molecule has 0 aromatic heterocycles. The summed E-state index contributed by atoms with van der Waals surface area (Å²) < 4.78 is 11.6. The van der Waals surface area contributed by atoms with E-state index in [9.17, 15) is 0 Å². The van der Waals surface area contributed by atoms with E-state index >= 15 is 0 Å². The van der Waals surface area contributed by atoms with Gasteiger partial charge in [0.15, 0.2) is 5.96 Å². The molecule has 0 spiro atoms. The third kappa shape index (κ3) is 7.51. The zero-order chi connectivity index (χ0) is 19.8. The maximum Gasteiger partial charge on any atom is 0.191 e. The molecular weight excluding hydrogens is 477 g/mol. The number of rotatable bonds is 7. The molecule has 1 fully saturated rings. The molecule has 29 heavy (non-hydrogen) atoms. The van der Waals surface area contributed by atoms with E-state index in [2.05, 4.69) is 73.9 Å². The lowest BCUT2D eigenvalue weighted by atomic mass is 10.1. The topological polar surface area (TPSA) is 54.9 Å². The summed E-state index contributed by atoms with van der Waals surface area (Å²) in [6.45, 7) is 9.83. The fourth-order valence-corrected chi connectivity index (χ4v) is 3.20. The monoisotopic (exact) mass is 509 g/mol.